The summed E-state index contributed by atoms with van der Waals surface area (Å²) in [5.74, 6) is -3.14. The molecule has 0 aromatic carbocycles. The zero-order valence-electron chi connectivity index (χ0n) is 10.2. The maximum atomic E-state index is 11.5. The van der Waals surface area contributed by atoms with Crippen LogP contribution in [0.3, 0.4) is 0 Å². The number of nitrogens with two attached hydrogens (primary N) is 2. The third kappa shape index (κ3) is 3.50. The van der Waals surface area contributed by atoms with Crippen LogP contribution in [-0.2, 0) is 14.4 Å². The summed E-state index contributed by atoms with van der Waals surface area (Å²) in [5, 5.41) is 0. The molecule has 0 heterocycles. The van der Waals surface area contributed by atoms with Gasteiger partial charge < -0.3 is 11.5 Å². The molecule has 0 saturated carbocycles. The molecule has 0 radical (unpaired) electrons. The van der Waals surface area contributed by atoms with Crippen molar-refractivity contribution in [2.24, 2.45) is 23.3 Å². The summed E-state index contributed by atoms with van der Waals surface area (Å²) in [5.41, 5.74) is 11.0. The fourth-order valence-electron chi connectivity index (χ4n) is 1.03. The number of carbonyl (C=O) groups excluding carboxylic acids is 3. The van der Waals surface area contributed by atoms with Gasteiger partial charge in [0.05, 0.1) is 12.1 Å². The summed E-state index contributed by atoms with van der Waals surface area (Å²) in [6.45, 7) is 6.84. The van der Waals surface area contributed by atoms with Crippen molar-refractivity contribution in [1.82, 2.24) is 0 Å². The van der Waals surface area contributed by atoms with Gasteiger partial charge in [0.1, 0.15) is 0 Å². The smallest absolute Gasteiger partial charge is 0.267 e. The molecule has 0 saturated heterocycles. The van der Waals surface area contributed by atoms with Gasteiger partial charge in [-0.15, -0.1) is 0 Å². The number of ketones is 3. The molecule has 2 atom stereocenters. The van der Waals surface area contributed by atoms with Crippen LogP contribution < -0.4 is 11.5 Å². The first-order valence-corrected chi connectivity index (χ1v) is 5.33. The van der Waals surface area contributed by atoms with E-state index in [0.29, 0.717) is 0 Å². The largest absolute Gasteiger partial charge is 0.321 e. The molecule has 0 spiro atoms. The Morgan fingerprint density at radius 3 is 1.19 bits per heavy atom. The molecule has 0 aromatic heterocycles. The van der Waals surface area contributed by atoms with Crippen molar-refractivity contribution in [2.75, 3.05) is 0 Å². The van der Waals surface area contributed by atoms with Crippen molar-refractivity contribution >= 4 is 17.3 Å². The second kappa shape index (κ2) is 5.86. The summed E-state index contributed by atoms with van der Waals surface area (Å²) in [6.07, 6.45) is 0. The van der Waals surface area contributed by atoms with Gasteiger partial charge in [0, 0.05) is 0 Å². The van der Waals surface area contributed by atoms with E-state index < -0.39 is 29.4 Å². The van der Waals surface area contributed by atoms with Crippen LogP contribution in [0.2, 0.25) is 0 Å². The summed E-state index contributed by atoms with van der Waals surface area (Å²) < 4.78 is 0. The van der Waals surface area contributed by atoms with Gasteiger partial charge in [-0.1, -0.05) is 27.7 Å². The number of rotatable bonds is 6. The molecule has 5 heteroatoms. The molecule has 0 aliphatic rings. The van der Waals surface area contributed by atoms with Crippen molar-refractivity contribution in [3.05, 3.63) is 0 Å². The van der Waals surface area contributed by atoms with E-state index in [1.165, 1.54) is 0 Å². The lowest BCUT2D eigenvalue weighted by Crippen LogP contribution is -2.48. The van der Waals surface area contributed by atoms with E-state index in [0.717, 1.165) is 0 Å². The SMILES string of the molecule is CC(C)[C@H](N)C(=O)C(=O)C(=O)[C@@H](N)C(C)C. The third-order valence-corrected chi connectivity index (χ3v) is 2.49. The normalized spacial score (nSPS) is 15.0. The van der Waals surface area contributed by atoms with Gasteiger partial charge in [0.25, 0.3) is 5.78 Å². The van der Waals surface area contributed by atoms with Crippen LogP contribution in [-0.4, -0.2) is 29.4 Å². The Morgan fingerprint density at radius 1 is 0.750 bits per heavy atom. The van der Waals surface area contributed by atoms with Gasteiger partial charge in [-0.05, 0) is 11.8 Å². The monoisotopic (exact) mass is 228 g/mol. The Hall–Kier alpha value is -1.07. The molecule has 0 aromatic rings. The molecule has 16 heavy (non-hydrogen) atoms. The fourth-order valence-corrected chi connectivity index (χ4v) is 1.03. The highest BCUT2D eigenvalue weighted by molar-refractivity contribution is 6.65. The average molecular weight is 228 g/mol. The Balaban J connectivity index is 4.69. The van der Waals surface area contributed by atoms with Crippen LogP contribution in [0, 0.1) is 11.8 Å². The Bertz CT molecular complexity index is 270. The predicted molar refractivity (Wildman–Crippen MR) is 60.6 cm³/mol. The Morgan fingerprint density at radius 2 is 1.00 bits per heavy atom. The minimum absolute atomic E-state index is 0.181. The van der Waals surface area contributed by atoms with E-state index in [4.69, 9.17) is 11.5 Å². The number of Topliss-reactive ketones (excluding diaryl/α,β-unsaturated/α-hetero) is 3. The number of hydrogen-bond donors (Lipinski definition) is 2. The molecule has 5 nitrogen and oxygen atoms in total. The van der Waals surface area contributed by atoms with Crippen molar-refractivity contribution < 1.29 is 14.4 Å². The first kappa shape index (κ1) is 14.9. The van der Waals surface area contributed by atoms with Gasteiger partial charge in [0.15, 0.2) is 0 Å². The molecule has 4 N–H and O–H groups in total. The van der Waals surface area contributed by atoms with E-state index >= 15 is 0 Å². The second-order valence-corrected chi connectivity index (χ2v) is 4.60. The molecule has 92 valence electrons. The quantitative estimate of drug-likeness (QED) is 0.478. The first-order valence-electron chi connectivity index (χ1n) is 5.33. The summed E-state index contributed by atoms with van der Waals surface area (Å²) in [4.78, 5) is 34.5. The van der Waals surface area contributed by atoms with Crippen molar-refractivity contribution in [3.63, 3.8) is 0 Å². The summed E-state index contributed by atoms with van der Waals surface area (Å²) in [6, 6.07) is -1.87. The van der Waals surface area contributed by atoms with Gasteiger partial charge in [0.2, 0.25) is 11.6 Å². The maximum Gasteiger partial charge on any atom is 0.267 e. The Labute approximate surface area is 95.6 Å². The van der Waals surface area contributed by atoms with E-state index in [2.05, 4.69) is 0 Å². The van der Waals surface area contributed by atoms with Crippen LogP contribution in [0.1, 0.15) is 27.7 Å². The summed E-state index contributed by atoms with van der Waals surface area (Å²) >= 11 is 0. The van der Waals surface area contributed by atoms with Crippen molar-refractivity contribution in [1.29, 1.82) is 0 Å². The van der Waals surface area contributed by atoms with Crippen LogP contribution in [0.25, 0.3) is 0 Å². The summed E-state index contributed by atoms with van der Waals surface area (Å²) in [7, 11) is 0. The van der Waals surface area contributed by atoms with E-state index in [-0.39, 0.29) is 11.8 Å². The standard InChI is InChI=1S/C11H20N2O3/c1-5(2)7(12)9(14)11(16)10(15)8(13)6(3)4/h5-8H,12-13H2,1-4H3/t7-,8-/m0/s1. The maximum absolute atomic E-state index is 11.5. The molecule has 0 rings (SSSR count). The molecule has 0 aliphatic carbocycles. The molecule has 0 aliphatic heterocycles. The van der Waals surface area contributed by atoms with E-state index in [9.17, 15) is 14.4 Å². The van der Waals surface area contributed by atoms with Gasteiger partial charge in [-0.3, -0.25) is 14.4 Å². The molecule has 0 bridgehead atoms. The zero-order chi connectivity index (χ0) is 13.0. The lowest BCUT2D eigenvalue weighted by atomic mass is 9.92. The van der Waals surface area contributed by atoms with Crippen LogP contribution in [0.4, 0.5) is 0 Å². The lowest BCUT2D eigenvalue weighted by Gasteiger charge is -2.16. The van der Waals surface area contributed by atoms with Crippen LogP contribution >= 0.6 is 0 Å². The highest BCUT2D eigenvalue weighted by Crippen LogP contribution is 2.04. The molecule has 0 unspecified atom stereocenters. The molecule has 0 amide bonds. The first-order chi connectivity index (χ1) is 7.20. The topological polar surface area (TPSA) is 103 Å². The highest BCUT2D eigenvalue weighted by atomic mass is 16.2. The Kier molecular flexibility index (Phi) is 5.47. The molecule has 0 fully saturated rings. The second-order valence-electron chi connectivity index (χ2n) is 4.60. The predicted octanol–water partition coefficient (Wildman–Crippen LogP) is -0.340. The van der Waals surface area contributed by atoms with Crippen molar-refractivity contribution in [2.45, 2.75) is 39.8 Å². The minimum Gasteiger partial charge on any atom is -0.321 e. The fraction of sp³-hybridized carbons (Fsp3) is 0.727. The molecular formula is C11H20N2O3. The van der Waals surface area contributed by atoms with E-state index in [1.54, 1.807) is 27.7 Å². The van der Waals surface area contributed by atoms with E-state index in [1.807, 2.05) is 0 Å². The van der Waals surface area contributed by atoms with Crippen LogP contribution in [0.5, 0.6) is 0 Å². The highest BCUT2D eigenvalue weighted by Gasteiger charge is 2.33. The zero-order valence-corrected chi connectivity index (χ0v) is 10.2. The van der Waals surface area contributed by atoms with Gasteiger partial charge in [-0.25, -0.2) is 0 Å². The lowest BCUT2D eigenvalue weighted by molar-refractivity contribution is -0.145. The van der Waals surface area contributed by atoms with Crippen molar-refractivity contribution in [3.8, 4) is 0 Å². The van der Waals surface area contributed by atoms with Gasteiger partial charge in [-0.2, -0.15) is 0 Å². The van der Waals surface area contributed by atoms with Gasteiger partial charge >= 0.3 is 0 Å². The van der Waals surface area contributed by atoms with Crippen LogP contribution in [0.15, 0.2) is 0 Å². The third-order valence-electron chi connectivity index (χ3n) is 2.49. The number of carbonyl (C=O) groups is 3. The molecular weight excluding hydrogens is 208 g/mol. The minimum atomic E-state index is -1.08. The average Bonchev–Trinajstić information content (AvgIpc) is 2.23. The number of hydrogen-bond acceptors (Lipinski definition) is 5.